The van der Waals surface area contributed by atoms with E-state index in [1.54, 1.807) is 18.2 Å². The predicted octanol–water partition coefficient (Wildman–Crippen LogP) is 1.99. The minimum atomic E-state index is -1.08. The van der Waals surface area contributed by atoms with Crippen LogP contribution in [-0.4, -0.2) is 47.6 Å². The number of carboxylic acids is 1. The van der Waals surface area contributed by atoms with E-state index in [2.05, 4.69) is 17.1 Å². The first kappa shape index (κ1) is 15.5. The smallest absolute Gasteiger partial charge is 0.336 e. The van der Waals surface area contributed by atoms with Crippen molar-refractivity contribution in [2.75, 3.05) is 19.6 Å². The number of aromatic carboxylic acids is 1. The molecule has 1 amide bonds. The first-order valence-electron chi connectivity index (χ1n) is 7.44. The zero-order chi connectivity index (χ0) is 15.2. The van der Waals surface area contributed by atoms with Crippen LogP contribution in [0.3, 0.4) is 0 Å². The van der Waals surface area contributed by atoms with Gasteiger partial charge in [0.25, 0.3) is 5.91 Å². The van der Waals surface area contributed by atoms with Crippen LogP contribution in [0.15, 0.2) is 24.3 Å². The van der Waals surface area contributed by atoms with Crippen molar-refractivity contribution in [3.05, 3.63) is 35.4 Å². The van der Waals surface area contributed by atoms with Crippen LogP contribution in [-0.2, 0) is 0 Å². The van der Waals surface area contributed by atoms with Crippen LogP contribution in [0.25, 0.3) is 0 Å². The van der Waals surface area contributed by atoms with Crippen molar-refractivity contribution in [2.24, 2.45) is 0 Å². The van der Waals surface area contributed by atoms with Gasteiger partial charge in [-0.2, -0.15) is 0 Å². The SMILES string of the molecule is CC(CNC(=O)c1ccccc1C(=O)O)N1CCCCC1. The van der Waals surface area contributed by atoms with Gasteiger partial charge in [-0.05, 0) is 45.0 Å². The molecule has 2 N–H and O–H groups in total. The van der Waals surface area contributed by atoms with Crippen molar-refractivity contribution in [2.45, 2.75) is 32.2 Å². The lowest BCUT2D eigenvalue weighted by Crippen LogP contribution is -2.44. The predicted molar refractivity (Wildman–Crippen MR) is 80.6 cm³/mol. The highest BCUT2D eigenvalue weighted by Gasteiger charge is 2.19. The van der Waals surface area contributed by atoms with E-state index in [0.717, 1.165) is 13.1 Å². The van der Waals surface area contributed by atoms with Gasteiger partial charge in [-0.3, -0.25) is 9.69 Å². The molecule has 0 saturated carbocycles. The Bertz CT molecular complexity index is 510. The molecule has 1 aliphatic rings. The Labute approximate surface area is 125 Å². The largest absolute Gasteiger partial charge is 0.478 e. The number of hydrogen-bond acceptors (Lipinski definition) is 3. The minimum Gasteiger partial charge on any atom is -0.478 e. The average molecular weight is 290 g/mol. The monoisotopic (exact) mass is 290 g/mol. The summed E-state index contributed by atoms with van der Waals surface area (Å²) in [5.41, 5.74) is 0.261. The third-order valence-corrected chi connectivity index (χ3v) is 3.97. The van der Waals surface area contributed by atoms with Gasteiger partial charge in [0.05, 0.1) is 11.1 Å². The van der Waals surface area contributed by atoms with Gasteiger partial charge in [0.2, 0.25) is 0 Å². The summed E-state index contributed by atoms with van der Waals surface area (Å²) in [6.45, 7) is 4.77. The summed E-state index contributed by atoms with van der Waals surface area (Å²) in [5, 5.41) is 12.0. The lowest BCUT2D eigenvalue weighted by Gasteiger charge is -2.32. The molecule has 0 aromatic heterocycles. The zero-order valence-electron chi connectivity index (χ0n) is 12.3. The van der Waals surface area contributed by atoms with Crippen LogP contribution in [0.1, 0.15) is 46.9 Å². The maximum Gasteiger partial charge on any atom is 0.336 e. The zero-order valence-corrected chi connectivity index (χ0v) is 12.3. The Morgan fingerprint density at radius 3 is 2.43 bits per heavy atom. The lowest BCUT2D eigenvalue weighted by molar-refractivity contribution is 0.0690. The molecule has 1 aromatic carbocycles. The number of carbonyl (C=O) groups excluding carboxylic acids is 1. The molecule has 5 heteroatoms. The molecule has 1 aromatic rings. The van der Waals surface area contributed by atoms with E-state index in [-0.39, 0.29) is 23.1 Å². The summed E-state index contributed by atoms with van der Waals surface area (Å²) < 4.78 is 0. The third kappa shape index (κ3) is 4.04. The summed E-state index contributed by atoms with van der Waals surface area (Å²) in [7, 11) is 0. The Hall–Kier alpha value is -1.88. The Morgan fingerprint density at radius 2 is 1.81 bits per heavy atom. The molecule has 0 bridgehead atoms. The summed E-state index contributed by atoms with van der Waals surface area (Å²) in [6.07, 6.45) is 3.70. The second-order valence-corrected chi connectivity index (χ2v) is 5.51. The van der Waals surface area contributed by atoms with E-state index >= 15 is 0 Å². The number of nitrogens with one attached hydrogen (secondary N) is 1. The van der Waals surface area contributed by atoms with Crippen molar-refractivity contribution < 1.29 is 14.7 Å². The molecular weight excluding hydrogens is 268 g/mol. The fourth-order valence-electron chi connectivity index (χ4n) is 2.69. The van der Waals surface area contributed by atoms with Gasteiger partial charge in [-0.15, -0.1) is 0 Å². The van der Waals surface area contributed by atoms with Crippen LogP contribution in [0, 0.1) is 0 Å². The van der Waals surface area contributed by atoms with Gasteiger partial charge in [-0.1, -0.05) is 18.6 Å². The van der Waals surface area contributed by atoms with E-state index < -0.39 is 5.97 Å². The average Bonchev–Trinajstić information content (AvgIpc) is 2.53. The van der Waals surface area contributed by atoms with Gasteiger partial charge in [0, 0.05) is 12.6 Å². The molecule has 114 valence electrons. The molecule has 21 heavy (non-hydrogen) atoms. The van der Waals surface area contributed by atoms with Gasteiger partial charge < -0.3 is 10.4 Å². The van der Waals surface area contributed by atoms with E-state index in [1.165, 1.54) is 25.3 Å². The normalized spacial score (nSPS) is 17.2. The first-order chi connectivity index (χ1) is 10.1. The molecule has 5 nitrogen and oxygen atoms in total. The lowest BCUT2D eigenvalue weighted by atomic mass is 10.1. The first-order valence-corrected chi connectivity index (χ1v) is 7.44. The molecule has 1 fully saturated rings. The fraction of sp³-hybridized carbons (Fsp3) is 0.500. The molecule has 0 radical (unpaired) electrons. The molecule has 1 heterocycles. The number of benzene rings is 1. The van der Waals surface area contributed by atoms with Crippen molar-refractivity contribution in [3.8, 4) is 0 Å². The Morgan fingerprint density at radius 1 is 1.19 bits per heavy atom. The van der Waals surface area contributed by atoms with Crippen molar-refractivity contribution in [1.82, 2.24) is 10.2 Å². The van der Waals surface area contributed by atoms with E-state index in [0.29, 0.717) is 6.54 Å². The third-order valence-electron chi connectivity index (χ3n) is 3.97. The molecule has 2 rings (SSSR count). The molecule has 1 atom stereocenters. The highest BCUT2D eigenvalue weighted by Crippen LogP contribution is 2.12. The Balaban J connectivity index is 1.94. The number of amides is 1. The fourth-order valence-corrected chi connectivity index (χ4v) is 2.69. The topological polar surface area (TPSA) is 69.6 Å². The standard InChI is InChI=1S/C16H22N2O3/c1-12(18-9-5-2-6-10-18)11-17-15(19)13-7-3-4-8-14(13)16(20)21/h3-4,7-8,12H,2,5-6,9-11H2,1H3,(H,17,19)(H,20,21). The van der Waals surface area contributed by atoms with Crippen molar-refractivity contribution >= 4 is 11.9 Å². The quantitative estimate of drug-likeness (QED) is 0.870. The van der Waals surface area contributed by atoms with E-state index in [1.807, 2.05) is 0 Å². The highest BCUT2D eigenvalue weighted by molar-refractivity contribution is 6.04. The summed E-state index contributed by atoms with van der Waals surface area (Å²) >= 11 is 0. The summed E-state index contributed by atoms with van der Waals surface area (Å²) in [5.74, 6) is -1.40. The van der Waals surface area contributed by atoms with E-state index in [4.69, 9.17) is 5.11 Å². The number of nitrogens with zero attached hydrogens (tertiary/aromatic N) is 1. The van der Waals surface area contributed by atoms with Gasteiger partial charge in [0.15, 0.2) is 0 Å². The molecule has 1 unspecified atom stereocenters. The molecule has 1 saturated heterocycles. The number of piperidine rings is 1. The number of carboxylic acid groups (broad SMARTS) is 1. The minimum absolute atomic E-state index is 0.0422. The van der Waals surface area contributed by atoms with Gasteiger partial charge in [-0.25, -0.2) is 4.79 Å². The molecular formula is C16H22N2O3. The summed E-state index contributed by atoms with van der Waals surface area (Å²) in [6, 6.07) is 6.56. The second-order valence-electron chi connectivity index (χ2n) is 5.51. The number of rotatable bonds is 5. The second kappa shape index (κ2) is 7.22. The summed E-state index contributed by atoms with van der Waals surface area (Å²) in [4.78, 5) is 25.7. The van der Waals surface area contributed by atoms with Crippen LogP contribution >= 0.6 is 0 Å². The van der Waals surface area contributed by atoms with Crippen LogP contribution in [0.2, 0.25) is 0 Å². The van der Waals surface area contributed by atoms with Gasteiger partial charge >= 0.3 is 5.97 Å². The van der Waals surface area contributed by atoms with Crippen molar-refractivity contribution in [1.29, 1.82) is 0 Å². The maximum atomic E-state index is 12.2. The van der Waals surface area contributed by atoms with Crippen LogP contribution < -0.4 is 5.32 Å². The highest BCUT2D eigenvalue weighted by atomic mass is 16.4. The van der Waals surface area contributed by atoms with Crippen molar-refractivity contribution in [3.63, 3.8) is 0 Å². The number of hydrogen-bond donors (Lipinski definition) is 2. The number of carbonyl (C=O) groups is 2. The van der Waals surface area contributed by atoms with Gasteiger partial charge in [0.1, 0.15) is 0 Å². The molecule has 0 aliphatic carbocycles. The number of likely N-dealkylation sites (tertiary alicyclic amines) is 1. The van der Waals surface area contributed by atoms with E-state index in [9.17, 15) is 9.59 Å². The Kier molecular flexibility index (Phi) is 5.33. The molecule has 1 aliphatic heterocycles. The molecule has 0 spiro atoms. The van der Waals surface area contributed by atoms with Crippen LogP contribution in [0.5, 0.6) is 0 Å². The van der Waals surface area contributed by atoms with Crippen LogP contribution in [0.4, 0.5) is 0 Å². The maximum absolute atomic E-state index is 12.2.